The predicted molar refractivity (Wildman–Crippen MR) is 76.6 cm³/mol. The summed E-state index contributed by atoms with van der Waals surface area (Å²) in [4.78, 5) is 19.6. The molecule has 2 rings (SSSR count). The Morgan fingerprint density at radius 1 is 1.63 bits per heavy atom. The molecule has 8 heteroatoms. The molecule has 6 nitrogen and oxygen atoms in total. The zero-order chi connectivity index (χ0) is 13.9. The molecule has 3 N–H and O–H groups in total. The lowest BCUT2D eigenvalue weighted by molar-refractivity contribution is -0.141. The zero-order valence-electron chi connectivity index (χ0n) is 10.5. The molecule has 0 radical (unpaired) electrons. The minimum Gasteiger partial charge on any atom is -0.469 e. The molecule has 0 atom stereocenters. The summed E-state index contributed by atoms with van der Waals surface area (Å²) in [6.45, 7) is 0. The Labute approximate surface area is 124 Å². The largest absolute Gasteiger partial charge is 0.469 e. The summed E-state index contributed by atoms with van der Waals surface area (Å²) >= 11 is 5.01. The lowest BCUT2D eigenvalue weighted by Gasteiger charge is -2.13. The molecule has 0 unspecified atom stereocenters. The molecular weight excluding hydrogens is 332 g/mol. The summed E-state index contributed by atoms with van der Waals surface area (Å²) in [7, 11) is 1.42. The number of anilines is 1. The second-order valence-corrected chi connectivity index (χ2v) is 6.28. The van der Waals surface area contributed by atoms with E-state index in [1.165, 1.54) is 13.4 Å². The van der Waals surface area contributed by atoms with Crippen molar-refractivity contribution in [3.63, 3.8) is 0 Å². The SMILES string of the molecule is COC(=O)CC1(CSc2ncnc(NN)c2Br)CC1. The van der Waals surface area contributed by atoms with Crippen molar-refractivity contribution in [1.29, 1.82) is 0 Å². The first kappa shape index (κ1) is 14.5. The molecule has 0 aromatic carbocycles. The smallest absolute Gasteiger partial charge is 0.306 e. The van der Waals surface area contributed by atoms with Crippen LogP contribution in [0, 0.1) is 5.41 Å². The van der Waals surface area contributed by atoms with Gasteiger partial charge in [0.25, 0.3) is 0 Å². The van der Waals surface area contributed by atoms with Gasteiger partial charge in [-0.25, -0.2) is 15.8 Å². The number of methoxy groups -OCH3 is 1. The van der Waals surface area contributed by atoms with Crippen LogP contribution < -0.4 is 11.3 Å². The van der Waals surface area contributed by atoms with Crippen molar-refractivity contribution in [2.75, 3.05) is 18.3 Å². The van der Waals surface area contributed by atoms with Crippen molar-refractivity contribution in [1.82, 2.24) is 9.97 Å². The first-order valence-electron chi connectivity index (χ1n) is 5.77. The Morgan fingerprint density at radius 3 is 2.95 bits per heavy atom. The summed E-state index contributed by atoms with van der Waals surface area (Å²) in [5.74, 6) is 6.59. The fraction of sp³-hybridized carbons (Fsp3) is 0.545. The highest BCUT2D eigenvalue weighted by Gasteiger charge is 2.44. The van der Waals surface area contributed by atoms with Gasteiger partial charge in [0, 0.05) is 5.75 Å². The average molecular weight is 347 g/mol. The van der Waals surface area contributed by atoms with Crippen LogP contribution in [0.25, 0.3) is 0 Å². The molecule has 19 heavy (non-hydrogen) atoms. The van der Waals surface area contributed by atoms with Crippen LogP contribution in [0.1, 0.15) is 19.3 Å². The van der Waals surface area contributed by atoms with E-state index in [9.17, 15) is 4.79 Å². The molecule has 0 amide bonds. The fourth-order valence-electron chi connectivity index (χ4n) is 1.70. The Morgan fingerprint density at radius 2 is 2.37 bits per heavy atom. The summed E-state index contributed by atoms with van der Waals surface area (Å²) in [6, 6.07) is 0. The lowest BCUT2D eigenvalue weighted by atomic mass is 10.1. The molecular formula is C11H15BrN4O2S. The number of hydrogen-bond acceptors (Lipinski definition) is 7. The van der Waals surface area contributed by atoms with Gasteiger partial charge in [-0.1, -0.05) is 0 Å². The number of hydrazine groups is 1. The maximum Gasteiger partial charge on any atom is 0.306 e. The Bertz CT molecular complexity index is 482. The number of nitrogens with one attached hydrogen (secondary N) is 1. The van der Waals surface area contributed by atoms with Gasteiger partial charge in [0.1, 0.15) is 11.4 Å². The molecule has 0 spiro atoms. The average Bonchev–Trinajstić information content (AvgIpc) is 3.17. The lowest BCUT2D eigenvalue weighted by Crippen LogP contribution is -2.13. The molecule has 0 saturated heterocycles. The van der Waals surface area contributed by atoms with Crippen LogP contribution in [0.2, 0.25) is 0 Å². The van der Waals surface area contributed by atoms with E-state index in [-0.39, 0.29) is 11.4 Å². The number of ether oxygens (including phenoxy) is 1. The van der Waals surface area contributed by atoms with Crippen LogP contribution in [0.4, 0.5) is 5.82 Å². The second kappa shape index (κ2) is 6.06. The van der Waals surface area contributed by atoms with E-state index in [1.54, 1.807) is 11.8 Å². The van der Waals surface area contributed by atoms with Crippen LogP contribution in [0.5, 0.6) is 0 Å². The zero-order valence-corrected chi connectivity index (χ0v) is 12.9. The predicted octanol–water partition coefficient (Wildman–Crippen LogP) is 1.96. The molecule has 1 aliphatic carbocycles. The number of nitrogen functional groups attached to an aromatic ring is 1. The van der Waals surface area contributed by atoms with Gasteiger partial charge in [-0.15, -0.1) is 11.8 Å². The highest BCUT2D eigenvalue weighted by Crippen LogP contribution is 2.52. The van der Waals surface area contributed by atoms with Crippen molar-refractivity contribution >= 4 is 39.5 Å². The molecule has 1 aromatic heterocycles. The van der Waals surface area contributed by atoms with E-state index in [0.717, 1.165) is 28.1 Å². The van der Waals surface area contributed by atoms with E-state index in [0.29, 0.717) is 12.2 Å². The number of carbonyl (C=O) groups is 1. The molecule has 1 fully saturated rings. The van der Waals surface area contributed by atoms with Gasteiger partial charge in [-0.3, -0.25) is 4.79 Å². The Kier molecular flexibility index (Phi) is 4.64. The molecule has 1 saturated carbocycles. The minimum atomic E-state index is -0.149. The Hall–Kier alpha value is -0.860. The summed E-state index contributed by atoms with van der Waals surface area (Å²) in [5.41, 5.74) is 2.57. The van der Waals surface area contributed by atoms with Gasteiger partial charge in [0.05, 0.1) is 18.0 Å². The number of nitrogens with two attached hydrogens (primary N) is 1. The molecule has 1 aromatic rings. The number of thioether (sulfide) groups is 1. The van der Waals surface area contributed by atoms with Crippen LogP contribution in [-0.4, -0.2) is 28.8 Å². The highest BCUT2D eigenvalue weighted by atomic mass is 79.9. The Balaban J connectivity index is 1.97. The van der Waals surface area contributed by atoms with Gasteiger partial charge in [-0.05, 0) is 34.2 Å². The van der Waals surface area contributed by atoms with Gasteiger partial charge >= 0.3 is 5.97 Å². The monoisotopic (exact) mass is 346 g/mol. The summed E-state index contributed by atoms with van der Waals surface area (Å²) < 4.78 is 5.48. The number of hydrogen-bond donors (Lipinski definition) is 2. The van der Waals surface area contributed by atoms with Crippen LogP contribution in [0.15, 0.2) is 15.8 Å². The molecule has 1 aliphatic rings. The van der Waals surface area contributed by atoms with Crippen LogP contribution in [0.3, 0.4) is 0 Å². The third-order valence-electron chi connectivity index (χ3n) is 3.11. The van der Waals surface area contributed by atoms with Crippen molar-refractivity contribution in [3.8, 4) is 0 Å². The van der Waals surface area contributed by atoms with Gasteiger partial charge in [0.2, 0.25) is 0 Å². The standard InChI is InChI=1S/C11H15BrN4O2S/c1-18-7(17)4-11(2-3-11)5-19-10-8(12)9(16-13)14-6-15-10/h6H,2-5,13H2,1H3,(H,14,15,16). The first-order valence-corrected chi connectivity index (χ1v) is 7.55. The number of halogens is 1. The quantitative estimate of drug-likeness (QED) is 0.267. The second-order valence-electron chi connectivity index (χ2n) is 4.53. The van der Waals surface area contributed by atoms with E-state index in [4.69, 9.17) is 10.6 Å². The van der Waals surface area contributed by atoms with Gasteiger partial charge < -0.3 is 10.2 Å². The maximum atomic E-state index is 11.4. The summed E-state index contributed by atoms with van der Waals surface area (Å²) in [5, 5.41) is 0.819. The van der Waals surface area contributed by atoms with Crippen molar-refractivity contribution in [2.24, 2.45) is 11.3 Å². The normalized spacial score (nSPS) is 15.9. The van der Waals surface area contributed by atoms with Crippen LogP contribution >= 0.6 is 27.7 Å². The third kappa shape index (κ3) is 3.58. The van der Waals surface area contributed by atoms with Gasteiger partial charge in [0.15, 0.2) is 5.82 Å². The van der Waals surface area contributed by atoms with E-state index >= 15 is 0 Å². The number of carbonyl (C=O) groups excluding carboxylic acids is 1. The number of nitrogens with zero attached hydrogens (tertiary/aromatic N) is 2. The van der Waals surface area contributed by atoms with Crippen molar-refractivity contribution < 1.29 is 9.53 Å². The first-order chi connectivity index (χ1) is 9.10. The number of esters is 1. The maximum absolute atomic E-state index is 11.4. The minimum absolute atomic E-state index is 0.0679. The van der Waals surface area contributed by atoms with Gasteiger partial charge in [-0.2, -0.15) is 0 Å². The highest BCUT2D eigenvalue weighted by molar-refractivity contribution is 9.10. The van der Waals surface area contributed by atoms with E-state index < -0.39 is 0 Å². The molecule has 0 aliphatic heterocycles. The summed E-state index contributed by atoms with van der Waals surface area (Å²) in [6.07, 6.45) is 4.04. The van der Waals surface area contributed by atoms with Crippen molar-refractivity contribution in [3.05, 3.63) is 10.8 Å². The van der Waals surface area contributed by atoms with E-state index in [1.807, 2.05) is 0 Å². The topological polar surface area (TPSA) is 90.1 Å². The molecule has 104 valence electrons. The van der Waals surface area contributed by atoms with E-state index in [2.05, 4.69) is 31.3 Å². The number of rotatable bonds is 6. The van der Waals surface area contributed by atoms with Crippen LogP contribution in [-0.2, 0) is 9.53 Å². The molecule has 0 bridgehead atoms. The molecule has 1 heterocycles. The number of aromatic nitrogens is 2. The fourth-order valence-corrected chi connectivity index (χ4v) is 3.54. The van der Waals surface area contributed by atoms with Crippen molar-refractivity contribution in [2.45, 2.75) is 24.3 Å². The third-order valence-corrected chi connectivity index (χ3v) is 5.47.